The molecule has 0 saturated carbocycles. The topological polar surface area (TPSA) is 9.23 Å². The lowest BCUT2D eigenvalue weighted by atomic mass is 10.4. The Kier molecular flexibility index (Phi) is 4.65. The number of hydrogen-bond acceptors (Lipinski definition) is 1. The van der Waals surface area contributed by atoms with E-state index in [9.17, 15) is 0 Å². The molecule has 0 aromatic heterocycles. The van der Waals surface area contributed by atoms with Gasteiger partial charge in [0.05, 0.1) is 0 Å². The minimum Gasteiger partial charge on any atom is -0.532 e. The summed E-state index contributed by atoms with van der Waals surface area (Å²) in [4.78, 5) is 0. The monoisotopic (exact) mass is 262 g/mol. The van der Waals surface area contributed by atoms with Gasteiger partial charge in [-0.1, -0.05) is 69.5 Å². The highest BCUT2D eigenvalue weighted by Gasteiger charge is 2.24. The summed E-state index contributed by atoms with van der Waals surface area (Å²) in [6, 6.07) is 20.8. The lowest BCUT2D eigenvalue weighted by Gasteiger charge is -2.11. The average Bonchev–Trinajstić information content (AvgIpc) is 2.38. The van der Waals surface area contributed by atoms with Gasteiger partial charge in [-0.3, -0.25) is 0 Å². The number of benzene rings is 2. The van der Waals surface area contributed by atoms with Crippen LogP contribution in [0.25, 0.3) is 0 Å². The first-order chi connectivity index (χ1) is 7.92. The van der Waals surface area contributed by atoms with Gasteiger partial charge in [0.1, 0.15) is 0 Å². The largest absolute Gasteiger partial charge is 0.533 e. The SMILES string of the molecule is Cl[SiH2][O][Al]([c]1ccccc1)[c]1ccccc1. The van der Waals surface area contributed by atoms with Gasteiger partial charge in [0.15, 0.2) is 0 Å². The lowest BCUT2D eigenvalue weighted by Crippen LogP contribution is -2.45. The van der Waals surface area contributed by atoms with E-state index in [-0.39, 0.29) is 0 Å². The highest BCUT2D eigenvalue weighted by molar-refractivity contribution is 6.96. The van der Waals surface area contributed by atoms with Gasteiger partial charge in [0.2, 0.25) is 9.07 Å². The standard InChI is InChI=1S/2C6H5.Al.ClH2OSi/c2*1-2-4-6-5-3-1;;1-3-2/h2*1-5H;;3H2/q;;+1;-1. The Morgan fingerprint density at radius 2 is 1.25 bits per heavy atom. The molecule has 0 N–H and O–H groups in total. The smallest absolute Gasteiger partial charge is 0.532 e. The van der Waals surface area contributed by atoms with Crippen molar-refractivity contribution in [1.29, 1.82) is 0 Å². The molecule has 0 bridgehead atoms. The summed E-state index contributed by atoms with van der Waals surface area (Å²) in [6.45, 7) is 0. The third-order valence-corrected chi connectivity index (χ3v) is 7.39. The Labute approximate surface area is 107 Å². The van der Waals surface area contributed by atoms with Crippen molar-refractivity contribution in [3.05, 3.63) is 60.7 Å². The van der Waals surface area contributed by atoms with Crippen LogP contribution in [0.3, 0.4) is 0 Å². The Hall–Kier alpha value is -0.561. The summed E-state index contributed by atoms with van der Waals surface area (Å²) in [5, 5.41) is 0. The van der Waals surface area contributed by atoms with Crippen LogP contribution in [0.15, 0.2) is 60.7 Å². The van der Waals surface area contributed by atoms with Gasteiger partial charge in [-0.2, -0.15) is 0 Å². The summed E-state index contributed by atoms with van der Waals surface area (Å²) >= 11 is 4.33. The van der Waals surface area contributed by atoms with Gasteiger partial charge in [0, 0.05) is 0 Å². The second-order valence-corrected chi connectivity index (χ2v) is 7.78. The zero-order valence-corrected chi connectivity index (χ0v) is 12.2. The maximum absolute atomic E-state index is 5.86. The molecule has 4 heteroatoms. The van der Waals surface area contributed by atoms with Crippen LogP contribution >= 0.6 is 11.1 Å². The Bertz CT molecular complexity index is 384. The van der Waals surface area contributed by atoms with Crippen LogP contribution < -0.4 is 8.85 Å². The van der Waals surface area contributed by atoms with Gasteiger partial charge in [-0.05, 0) is 0 Å². The molecule has 0 fully saturated rings. The molecule has 0 spiro atoms. The van der Waals surface area contributed by atoms with E-state index in [2.05, 4.69) is 48.5 Å². The average molecular weight is 263 g/mol. The molecule has 2 rings (SSSR count). The van der Waals surface area contributed by atoms with Gasteiger partial charge in [-0.25, -0.2) is 0 Å². The fourth-order valence-corrected chi connectivity index (χ4v) is 6.41. The maximum Gasteiger partial charge on any atom is 0.533 e. The summed E-state index contributed by atoms with van der Waals surface area (Å²) < 4.78 is 8.44. The first-order valence-electron chi connectivity index (χ1n) is 5.19. The van der Waals surface area contributed by atoms with E-state index in [1.54, 1.807) is 0 Å². The highest BCUT2D eigenvalue weighted by atomic mass is 35.6. The van der Waals surface area contributed by atoms with E-state index in [4.69, 9.17) is 14.6 Å². The zero-order valence-electron chi connectivity index (χ0n) is 8.84. The fraction of sp³-hybridized carbons (Fsp3) is 0. The van der Waals surface area contributed by atoms with E-state index < -0.39 is 23.6 Å². The molecule has 0 saturated heterocycles. The van der Waals surface area contributed by atoms with Crippen LogP contribution in [0.5, 0.6) is 0 Å². The number of rotatable bonds is 4. The molecule has 0 aliphatic heterocycles. The summed E-state index contributed by atoms with van der Waals surface area (Å²) in [7, 11) is -0.887. The Morgan fingerprint density at radius 3 is 1.62 bits per heavy atom. The minimum atomic E-state index is -1.52. The predicted molar refractivity (Wildman–Crippen MR) is 73.4 cm³/mol. The molecule has 80 valence electrons. The van der Waals surface area contributed by atoms with Gasteiger partial charge >= 0.3 is 14.5 Å². The van der Waals surface area contributed by atoms with Gasteiger partial charge in [0.25, 0.3) is 0 Å². The van der Waals surface area contributed by atoms with Crippen molar-refractivity contribution >= 4 is 43.5 Å². The molecule has 2 aromatic rings. The van der Waals surface area contributed by atoms with Crippen molar-refractivity contribution in [3.63, 3.8) is 0 Å². The van der Waals surface area contributed by atoms with Crippen LogP contribution in [-0.4, -0.2) is 23.6 Å². The Morgan fingerprint density at radius 1 is 0.812 bits per heavy atom. The highest BCUT2D eigenvalue weighted by Crippen LogP contribution is 1.94. The third kappa shape index (κ3) is 2.97. The van der Waals surface area contributed by atoms with Crippen molar-refractivity contribution in [2.24, 2.45) is 0 Å². The minimum absolute atomic E-state index is 0.887. The van der Waals surface area contributed by atoms with Crippen molar-refractivity contribution in [2.45, 2.75) is 0 Å². The van der Waals surface area contributed by atoms with Crippen LogP contribution in [0, 0.1) is 0 Å². The molecule has 0 aliphatic rings. The quantitative estimate of drug-likeness (QED) is 0.591. The molecule has 16 heavy (non-hydrogen) atoms. The van der Waals surface area contributed by atoms with E-state index in [1.807, 2.05) is 12.1 Å². The molecule has 1 nitrogen and oxygen atoms in total. The summed E-state index contributed by atoms with van der Waals surface area (Å²) in [5.74, 6) is 0. The Balaban J connectivity index is 2.31. The van der Waals surface area contributed by atoms with Crippen LogP contribution in [0.1, 0.15) is 0 Å². The molecular formula is C12H12AlClOSi. The first-order valence-corrected chi connectivity index (χ1v) is 9.53. The lowest BCUT2D eigenvalue weighted by molar-refractivity contribution is 0.654. The second-order valence-electron chi connectivity index (χ2n) is 3.48. The molecule has 0 aliphatic carbocycles. The molecular weight excluding hydrogens is 251 g/mol. The summed E-state index contributed by atoms with van der Waals surface area (Å²) in [6.07, 6.45) is 0. The molecule has 0 atom stereocenters. The summed E-state index contributed by atoms with van der Waals surface area (Å²) in [5.41, 5.74) is 0. The van der Waals surface area contributed by atoms with Crippen molar-refractivity contribution < 1.29 is 3.48 Å². The van der Waals surface area contributed by atoms with Crippen molar-refractivity contribution in [3.8, 4) is 0 Å². The molecule has 0 amide bonds. The first kappa shape index (κ1) is 11.9. The normalized spacial score (nSPS) is 10.8. The van der Waals surface area contributed by atoms with Gasteiger partial charge in [-0.15, -0.1) is 11.1 Å². The maximum atomic E-state index is 5.86. The van der Waals surface area contributed by atoms with Gasteiger partial charge < -0.3 is 3.48 Å². The van der Waals surface area contributed by atoms with E-state index in [1.165, 1.54) is 8.85 Å². The second kappa shape index (κ2) is 6.24. The van der Waals surface area contributed by atoms with E-state index in [0.717, 1.165) is 0 Å². The molecule has 0 heterocycles. The molecule has 0 unspecified atom stereocenters. The fourth-order valence-electron chi connectivity index (χ4n) is 1.70. The van der Waals surface area contributed by atoms with Crippen LogP contribution in [-0.2, 0) is 3.48 Å². The predicted octanol–water partition coefficient (Wildman–Crippen LogP) is 1.05. The number of hydrogen-bond donors (Lipinski definition) is 0. The third-order valence-electron chi connectivity index (χ3n) is 2.43. The van der Waals surface area contributed by atoms with E-state index in [0.29, 0.717) is 0 Å². The molecule has 0 radical (unpaired) electrons. The van der Waals surface area contributed by atoms with Crippen molar-refractivity contribution in [2.75, 3.05) is 0 Å². The van der Waals surface area contributed by atoms with Crippen molar-refractivity contribution in [1.82, 2.24) is 0 Å². The number of halogens is 1. The van der Waals surface area contributed by atoms with E-state index >= 15 is 0 Å². The molecule has 2 aromatic carbocycles. The van der Waals surface area contributed by atoms with Crippen LogP contribution in [0.4, 0.5) is 0 Å². The zero-order chi connectivity index (χ0) is 11.2. The van der Waals surface area contributed by atoms with Crippen LogP contribution in [0.2, 0.25) is 0 Å².